The largest absolute Gasteiger partial charge is 0.497 e. The Kier molecular flexibility index (Phi) is 5.78. The molecule has 2 aromatic rings. The summed E-state index contributed by atoms with van der Waals surface area (Å²) < 4.78 is 15.3. The van der Waals surface area contributed by atoms with Crippen molar-refractivity contribution < 1.29 is 23.8 Å². The molecule has 2 rings (SSSR count). The summed E-state index contributed by atoms with van der Waals surface area (Å²) in [6.45, 7) is 1.52. The summed E-state index contributed by atoms with van der Waals surface area (Å²) in [7, 11) is 3.02. The molecule has 0 saturated carbocycles. The number of nitrogens with one attached hydrogen (secondary N) is 1. The normalized spacial score (nSPS) is 9.96. The minimum Gasteiger partial charge on any atom is -0.497 e. The lowest BCUT2D eigenvalue weighted by Crippen LogP contribution is -2.21. The lowest BCUT2D eigenvalue weighted by Gasteiger charge is -2.12. The molecule has 0 heterocycles. The number of hydrogen-bond donors (Lipinski definition) is 1. The Hall–Kier alpha value is -3.02. The van der Waals surface area contributed by atoms with Crippen molar-refractivity contribution in [2.24, 2.45) is 0 Å². The first kappa shape index (κ1) is 17.3. The van der Waals surface area contributed by atoms with Gasteiger partial charge >= 0.3 is 5.97 Å². The Morgan fingerprint density at radius 3 is 2.33 bits per heavy atom. The van der Waals surface area contributed by atoms with Crippen LogP contribution in [0.15, 0.2) is 42.5 Å². The van der Waals surface area contributed by atoms with Crippen LogP contribution < -0.4 is 14.8 Å². The molecule has 6 nitrogen and oxygen atoms in total. The maximum atomic E-state index is 12.0. The zero-order chi connectivity index (χ0) is 17.5. The number of carbonyl (C=O) groups is 2. The molecule has 0 aromatic heterocycles. The first-order valence-electron chi connectivity index (χ1n) is 7.29. The Morgan fingerprint density at radius 1 is 1.00 bits per heavy atom. The van der Waals surface area contributed by atoms with Gasteiger partial charge in [0.25, 0.3) is 5.91 Å². The molecule has 0 saturated heterocycles. The molecule has 0 unspecified atom stereocenters. The molecule has 1 N–H and O–H groups in total. The van der Waals surface area contributed by atoms with E-state index in [-0.39, 0.29) is 0 Å². The van der Waals surface area contributed by atoms with Crippen molar-refractivity contribution in [3.05, 3.63) is 53.6 Å². The van der Waals surface area contributed by atoms with Crippen molar-refractivity contribution in [2.75, 3.05) is 26.1 Å². The van der Waals surface area contributed by atoms with Gasteiger partial charge in [0.05, 0.1) is 25.5 Å². The molecular weight excluding hydrogens is 310 g/mol. The zero-order valence-electron chi connectivity index (χ0n) is 13.8. The van der Waals surface area contributed by atoms with Crippen molar-refractivity contribution >= 4 is 17.6 Å². The third-order valence-electron chi connectivity index (χ3n) is 3.30. The van der Waals surface area contributed by atoms with Crippen LogP contribution in [0.5, 0.6) is 11.5 Å². The molecule has 0 aliphatic heterocycles. The molecule has 0 spiro atoms. The van der Waals surface area contributed by atoms with Gasteiger partial charge in [0.2, 0.25) is 0 Å². The van der Waals surface area contributed by atoms with E-state index in [0.717, 1.165) is 5.56 Å². The average Bonchev–Trinajstić information content (AvgIpc) is 2.60. The van der Waals surface area contributed by atoms with Gasteiger partial charge in [0.15, 0.2) is 6.61 Å². The minimum absolute atomic E-state index is 0.396. The fraction of sp³-hybridized carbons (Fsp3) is 0.222. The van der Waals surface area contributed by atoms with Crippen LogP contribution in [0.25, 0.3) is 0 Å². The van der Waals surface area contributed by atoms with E-state index >= 15 is 0 Å². The number of methoxy groups -OCH3 is 2. The number of rotatable bonds is 6. The van der Waals surface area contributed by atoms with Crippen molar-refractivity contribution in [1.82, 2.24) is 0 Å². The van der Waals surface area contributed by atoms with Gasteiger partial charge in [-0.25, -0.2) is 4.79 Å². The Bertz CT molecular complexity index is 725. The SMILES string of the molecule is COc1ccc(OC)c(NC(=O)COC(=O)c2ccc(C)cc2)c1. The van der Waals surface area contributed by atoms with Crippen LogP contribution in [0.3, 0.4) is 0 Å². The molecule has 0 radical (unpaired) electrons. The van der Waals surface area contributed by atoms with Crippen molar-refractivity contribution in [2.45, 2.75) is 6.92 Å². The highest BCUT2D eigenvalue weighted by atomic mass is 16.5. The van der Waals surface area contributed by atoms with E-state index < -0.39 is 18.5 Å². The van der Waals surface area contributed by atoms with E-state index in [1.54, 1.807) is 42.5 Å². The van der Waals surface area contributed by atoms with Gasteiger partial charge in [0.1, 0.15) is 11.5 Å². The molecule has 1 amide bonds. The van der Waals surface area contributed by atoms with Crippen LogP contribution in [0, 0.1) is 6.92 Å². The topological polar surface area (TPSA) is 73.9 Å². The average molecular weight is 329 g/mol. The predicted octanol–water partition coefficient (Wildman–Crippen LogP) is 2.81. The van der Waals surface area contributed by atoms with E-state index in [1.807, 2.05) is 6.92 Å². The van der Waals surface area contributed by atoms with E-state index in [0.29, 0.717) is 22.7 Å². The first-order chi connectivity index (χ1) is 11.5. The smallest absolute Gasteiger partial charge is 0.338 e. The predicted molar refractivity (Wildman–Crippen MR) is 89.6 cm³/mol. The number of carbonyl (C=O) groups excluding carboxylic acids is 2. The van der Waals surface area contributed by atoms with Crippen LogP contribution in [-0.4, -0.2) is 32.7 Å². The van der Waals surface area contributed by atoms with Crippen molar-refractivity contribution in [3.63, 3.8) is 0 Å². The van der Waals surface area contributed by atoms with Gasteiger partial charge in [-0.2, -0.15) is 0 Å². The van der Waals surface area contributed by atoms with E-state index in [4.69, 9.17) is 14.2 Å². The van der Waals surface area contributed by atoms with Gasteiger partial charge in [-0.05, 0) is 31.2 Å². The molecule has 24 heavy (non-hydrogen) atoms. The van der Waals surface area contributed by atoms with Crippen LogP contribution in [0.1, 0.15) is 15.9 Å². The second kappa shape index (κ2) is 8.01. The van der Waals surface area contributed by atoms with Crippen LogP contribution in [0.2, 0.25) is 0 Å². The van der Waals surface area contributed by atoms with Gasteiger partial charge in [-0.15, -0.1) is 0 Å². The lowest BCUT2D eigenvalue weighted by atomic mass is 10.1. The highest BCUT2D eigenvalue weighted by Gasteiger charge is 2.12. The maximum absolute atomic E-state index is 12.0. The first-order valence-corrected chi connectivity index (χ1v) is 7.29. The number of ether oxygens (including phenoxy) is 3. The third kappa shape index (κ3) is 4.49. The maximum Gasteiger partial charge on any atom is 0.338 e. The van der Waals surface area contributed by atoms with Crippen LogP contribution in [-0.2, 0) is 9.53 Å². The lowest BCUT2D eigenvalue weighted by molar-refractivity contribution is -0.119. The minimum atomic E-state index is -0.553. The number of benzene rings is 2. The molecule has 126 valence electrons. The molecule has 0 aliphatic rings. The Balaban J connectivity index is 1.96. The molecule has 0 atom stereocenters. The monoisotopic (exact) mass is 329 g/mol. The van der Waals surface area contributed by atoms with E-state index in [2.05, 4.69) is 5.32 Å². The molecule has 0 fully saturated rings. The van der Waals surface area contributed by atoms with Crippen LogP contribution >= 0.6 is 0 Å². The highest BCUT2D eigenvalue weighted by Crippen LogP contribution is 2.28. The summed E-state index contributed by atoms with van der Waals surface area (Å²) in [5.74, 6) is 0.0292. The van der Waals surface area contributed by atoms with Gasteiger partial charge < -0.3 is 19.5 Å². The number of amides is 1. The summed E-state index contributed by atoms with van der Waals surface area (Å²) in [5, 5.41) is 2.63. The van der Waals surface area contributed by atoms with Crippen LogP contribution in [0.4, 0.5) is 5.69 Å². The second-order valence-corrected chi connectivity index (χ2v) is 5.06. The summed E-state index contributed by atoms with van der Waals surface area (Å²) in [4.78, 5) is 23.9. The summed E-state index contributed by atoms with van der Waals surface area (Å²) in [6.07, 6.45) is 0. The summed E-state index contributed by atoms with van der Waals surface area (Å²) >= 11 is 0. The number of esters is 1. The fourth-order valence-electron chi connectivity index (χ4n) is 2.00. The fourth-order valence-corrected chi connectivity index (χ4v) is 2.00. The Labute approximate surface area is 140 Å². The van der Waals surface area contributed by atoms with E-state index in [1.165, 1.54) is 14.2 Å². The van der Waals surface area contributed by atoms with Crippen molar-refractivity contribution in [1.29, 1.82) is 0 Å². The quantitative estimate of drug-likeness (QED) is 0.825. The highest BCUT2D eigenvalue weighted by molar-refractivity contribution is 5.96. The molecule has 2 aromatic carbocycles. The zero-order valence-corrected chi connectivity index (χ0v) is 13.8. The Morgan fingerprint density at radius 2 is 1.71 bits per heavy atom. The molecular formula is C18H19NO5. The summed E-state index contributed by atoms with van der Waals surface area (Å²) in [6, 6.07) is 11.9. The van der Waals surface area contributed by atoms with Crippen molar-refractivity contribution in [3.8, 4) is 11.5 Å². The van der Waals surface area contributed by atoms with Gasteiger partial charge in [-0.1, -0.05) is 17.7 Å². The van der Waals surface area contributed by atoms with Gasteiger partial charge in [0, 0.05) is 6.07 Å². The number of hydrogen-bond acceptors (Lipinski definition) is 5. The second-order valence-electron chi connectivity index (χ2n) is 5.06. The number of aryl methyl sites for hydroxylation is 1. The molecule has 6 heteroatoms. The van der Waals surface area contributed by atoms with Gasteiger partial charge in [-0.3, -0.25) is 4.79 Å². The molecule has 0 bridgehead atoms. The summed E-state index contributed by atoms with van der Waals surface area (Å²) in [5.41, 5.74) is 1.87. The number of anilines is 1. The standard InChI is InChI=1S/C18H19NO5/c1-12-4-6-13(7-5-12)18(21)24-11-17(20)19-15-10-14(22-2)8-9-16(15)23-3/h4-10H,11H2,1-3H3,(H,19,20). The van der Waals surface area contributed by atoms with E-state index in [9.17, 15) is 9.59 Å². The molecule has 0 aliphatic carbocycles. The third-order valence-corrected chi connectivity index (χ3v) is 3.30.